The van der Waals surface area contributed by atoms with Crippen LogP contribution in [0, 0.1) is 22.7 Å². The number of nitriles is 2. The van der Waals surface area contributed by atoms with E-state index in [1.54, 1.807) is 12.1 Å². The number of nitrogens with zero attached hydrogens (tertiary/aromatic N) is 3. The largest absolute Gasteiger partial charge is 0.384 e. The van der Waals surface area contributed by atoms with Gasteiger partial charge in [-0.1, -0.05) is 0 Å². The maximum atomic E-state index is 8.93. The molecule has 1 saturated heterocycles. The number of rotatable bonds is 4. The first-order valence-electron chi connectivity index (χ1n) is 6.24. The van der Waals surface area contributed by atoms with Gasteiger partial charge >= 0.3 is 0 Å². The van der Waals surface area contributed by atoms with Crippen LogP contribution in [0.4, 0.5) is 5.69 Å². The fourth-order valence-corrected chi connectivity index (χ4v) is 2.21. The lowest BCUT2D eigenvalue weighted by atomic mass is 10.1. The van der Waals surface area contributed by atoms with Crippen molar-refractivity contribution >= 4 is 5.69 Å². The van der Waals surface area contributed by atoms with Crippen molar-refractivity contribution in [2.24, 2.45) is 0 Å². The van der Waals surface area contributed by atoms with Crippen LogP contribution in [0.25, 0.3) is 0 Å². The Bertz CT molecular complexity index is 489. The van der Waals surface area contributed by atoms with Gasteiger partial charge in [-0.3, -0.25) is 0 Å². The second kappa shape index (κ2) is 6.05. The van der Waals surface area contributed by atoms with E-state index in [0.29, 0.717) is 11.1 Å². The summed E-state index contributed by atoms with van der Waals surface area (Å²) in [7, 11) is 0. The van der Waals surface area contributed by atoms with E-state index in [4.69, 9.17) is 10.5 Å². The van der Waals surface area contributed by atoms with Crippen LogP contribution in [0.15, 0.2) is 18.2 Å². The highest BCUT2D eigenvalue weighted by Gasteiger charge is 2.10. The first-order chi connectivity index (χ1) is 8.83. The minimum atomic E-state index is 0.433. The Morgan fingerprint density at radius 3 is 2.50 bits per heavy atom. The van der Waals surface area contributed by atoms with Gasteiger partial charge in [-0.2, -0.15) is 10.5 Å². The Kier molecular flexibility index (Phi) is 4.17. The van der Waals surface area contributed by atoms with Crippen LogP contribution in [-0.2, 0) is 0 Å². The molecule has 0 amide bonds. The molecule has 0 unspecified atom stereocenters. The Hall–Kier alpha value is -2.04. The van der Waals surface area contributed by atoms with Crippen molar-refractivity contribution in [3.05, 3.63) is 29.3 Å². The van der Waals surface area contributed by atoms with Gasteiger partial charge in [0.1, 0.15) is 12.1 Å². The van der Waals surface area contributed by atoms with Crippen molar-refractivity contribution in [1.29, 1.82) is 10.5 Å². The van der Waals surface area contributed by atoms with Crippen LogP contribution in [0.5, 0.6) is 0 Å². The first-order valence-corrected chi connectivity index (χ1v) is 6.24. The summed E-state index contributed by atoms with van der Waals surface area (Å²) in [5.74, 6) is 0. The summed E-state index contributed by atoms with van der Waals surface area (Å²) < 4.78 is 0. The molecule has 1 aliphatic rings. The molecule has 0 aromatic heterocycles. The second-order valence-corrected chi connectivity index (χ2v) is 4.46. The van der Waals surface area contributed by atoms with Crippen LogP contribution in [0.3, 0.4) is 0 Å². The maximum Gasteiger partial charge on any atom is 0.101 e. The lowest BCUT2D eigenvalue weighted by molar-refractivity contribution is 0.352. The highest BCUT2D eigenvalue weighted by molar-refractivity contribution is 5.56. The highest BCUT2D eigenvalue weighted by Crippen LogP contribution is 2.14. The van der Waals surface area contributed by atoms with E-state index in [0.717, 1.165) is 18.8 Å². The molecule has 1 heterocycles. The average molecular weight is 240 g/mol. The van der Waals surface area contributed by atoms with Gasteiger partial charge in [0.25, 0.3) is 0 Å². The number of hydrogen-bond acceptors (Lipinski definition) is 4. The summed E-state index contributed by atoms with van der Waals surface area (Å²) in [6.45, 7) is 4.29. The second-order valence-electron chi connectivity index (χ2n) is 4.46. The molecule has 1 aromatic carbocycles. The molecule has 1 N–H and O–H groups in total. The van der Waals surface area contributed by atoms with E-state index in [1.165, 1.54) is 25.9 Å². The predicted octanol–water partition coefficient (Wildman–Crippen LogP) is 1.94. The van der Waals surface area contributed by atoms with Gasteiger partial charge in [0.05, 0.1) is 11.1 Å². The lowest BCUT2D eigenvalue weighted by Crippen LogP contribution is -2.25. The van der Waals surface area contributed by atoms with Gasteiger partial charge in [0.15, 0.2) is 0 Å². The molecule has 0 saturated carbocycles. The van der Waals surface area contributed by atoms with Gasteiger partial charge in [0, 0.05) is 18.8 Å². The molecule has 2 rings (SSSR count). The Morgan fingerprint density at radius 1 is 1.11 bits per heavy atom. The van der Waals surface area contributed by atoms with Crippen LogP contribution in [0.2, 0.25) is 0 Å². The molecule has 0 aliphatic carbocycles. The van der Waals surface area contributed by atoms with Crippen molar-refractivity contribution in [1.82, 2.24) is 4.90 Å². The van der Waals surface area contributed by atoms with Crippen molar-refractivity contribution < 1.29 is 0 Å². The normalized spacial score (nSPS) is 15.0. The molecule has 4 heteroatoms. The maximum absolute atomic E-state index is 8.93. The molecule has 1 fully saturated rings. The summed E-state index contributed by atoms with van der Waals surface area (Å²) in [6, 6.07) is 9.34. The van der Waals surface area contributed by atoms with E-state index in [-0.39, 0.29) is 0 Å². The van der Waals surface area contributed by atoms with Crippen molar-refractivity contribution in [3.63, 3.8) is 0 Å². The highest BCUT2D eigenvalue weighted by atomic mass is 15.1. The summed E-state index contributed by atoms with van der Waals surface area (Å²) >= 11 is 0. The molecule has 0 radical (unpaired) electrons. The molecular weight excluding hydrogens is 224 g/mol. The zero-order chi connectivity index (χ0) is 12.8. The molecule has 4 nitrogen and oxygen atoms in total. The van der Waals surface area contributed by atoms with E-state index in [2.05, 4.69) is 10.2 Å². The lowest BCUT2D eigenvalue weighted by Gasteiger charge is -2.15. The topological polar surface area (TPSA) is 62.9 Å². The molecular formula is C14H16N4. The van der Waals surface area contributed by atoms with Crippen LogP contribution < -0.4 is 5.32 Å². The quantitative estimate of drug-likeness (QED) is 0.873. The first kappa shape index (κ1) is 12.4. The van der Waals surface area contributed by atoms with Crippen LogP contribution >= 0.6 is 0 Å². The van der Waals surface area contributed by atoms with Crippen molar-refractivity contribution in [2.75, 3.05) is 31.5 Å². The van der Waals surface area contributed by atoms with Gasteiger partial charge in [-0.15, -0.1) is 0 Å². The SMILES string of the molecule is N#Cc1ccc(NCCN2CCCC2)cc1C#N. The van der Waals surface area contributed by atoms with E-state index < -0.39 is 0 Å². The molecule has 1 aliphatic heterocycles. The zero-order valence-corrected chi connectivity index (χ0v) is 10.3. The molecule has 1 aromatic rings. The summed E-state index contributed by atoms with van der Waals surface area (Å²) in [5.41, 5.74) is 1.77. The fraction of sp³-hybridized carbons (Fsp3) is 0.429. The number of benzene rings is 1. The summed E-state index contributed by atoms with van der Waals surface area (Å²) in [4.78, 5) is 2.43. The third kappa shape index (κ3) is 3.00. The average Bonchev–Trinajstić information content (AvgIpc) is 2.91. The van der Waals surface area contributed by atoms with Gasteiger partial charge in [-0.05, 0) is 44.1 Å². The van der Waals surface area contributed by atoms with E-state index >= 15 is 0 Å². The Balaban J connectivity index is 1.89. The minimum absolute atomic E-state index is 0.433. The molecule has 0 spiro atoms. The number of likely N-dealkylation sites (tertiary alicyclic amines) is 1. The van der Waals surface area contributed by atoms with E-state index in [1.807, 2.05) is 18.2 Å². The molecule has 18 heavy (non-hydrogen) atoms. The van der Waals surface area contributed by atoms with Crippen LogP contribution in [-0.4, -0.2) is 31.1 Å². The van der Waals surface area contributed by atoms with Crippen molar-refractivity contribution in [2.45, 2.75) is 12.8 Å². The number of nitrogens with one attached hydrogen (secondary N) is 1. The van der Waals surface area contributed by atoms with Gasteiger partial charge in [-0.25, -0.2) is 0 Å². The third-order valence-corrected chi connectivity index (χ3v) is 3.22. The molecule has 0 atom stereocenters. The Morgan fingerprint density at radius 2 is 1.83 bits per heavy atom. The smallest absolute Gasteiger partial charge is 0.101 e. The molecule has 0 bridgehead atoms. The summed E-state index contributed by atoms with van der Waals surface area (Å²) in [6.07, 6.45) is 2.60. The molecule has 92 valence electrons. The summed E-state index contributed by atoms with van der Waals surface area (Å²) in [5, 5.41) is 21.1. The van der Waals surface area contributed by atoms with Gasteiger partial charge in [0.2, 0.25) is 0 Å². The van der Waals surface area contributed by atoms with Crippen LogP contribution in [0.1, 0.15) is 24.0 Å². The minimum Gasteiger partial charge on any atom is -0.384 e. The predicted molar refractivity (Wildman–Crippen MR) is 70.0 cm³/mol. The number of anilines is 1. The zero-order valence-electron chi connectivity index (χ0n) is 10.3. The van der Waals surface area contributed by atoms with Crippen molar-refractivity contribution in [3.8, 4) is 12.1 Å². The standard InChI is InChI=1S/C14H16N4/c15-10-12-3-4-14(9-13(12)11-16)17-5-8-18-6-1-2-7-18/h3-4,9,17H,1-2,5-8H2. The third-order valence-electron chi connectivity index (χ3n) is 3.22. The van der Waals surface area contributed by atoms with Gasteiger partial charge < -0.3 is 10.2 Å². The monoisotopic (exact) mass is 240 g/mol. The fourth-order valence-electron chi connectivity index (χ4n) is 2.21. The van der Waals surface area contributed by atoms with E-state index in [9.17, 15) is 0 Å². The number of hydrogen-bond donors (Lipinski definition) is 1. The Labute approximate surface area is 107 Å².